The maximum absolute atomic E-state index is 13.0. The fraction of sp³-hybridized carbons (Fsp3) is 0.800. The molecule has 2 aliphatic rings. The molecule has 0 unspecified atom stereocenters. The summed E-state index contributed by atoms with van der Waals surface area (Å²) in [7, 11) is -3.54. The van der Waals surface area contributed by atoms with Crippen LogP contribution in [0.15, 0.2) is 17.3 Å². The highest BCUT2D eigenvalue weighted by molar-refractivity contribution is 7.89. The first-order chi connectivity index (χ1) is 11.0. The topological polar surface area (TPSA) is 90.5 Å². The van der Waals surface area contributed by atoms with Gasteiger partial charge in [-0.25, -0.2) is 8.42 Å². The summed E-state index contributed by atoms with van der Waals surface area (Å²) in [5, 5.41) is 4.29. The number of rotatable bonds is 4. The number of nitrogens with two attached hydrogens (primary N) is 1. The Morgan fingerprint density at radius 3 is 2.74 bits per heavy atom. The van der Waals surface area contributed by atoms with Crippen LogP contribution in [0.5, 0.6) is 0 Å². The molecule has 0 aliphatic carbocycles. The van der Waals surface area contributed by atoms with Gasteiger partial charge in [0.1, 0.15) is 4.90 Å². The van der Waals surface area contributed by atoms with Crippen LogP contribution in [0.25, 0.3) is 0 Å². The molecule has 2 atom stereocenters. The van der Waals surface area contributed by atoms with Gasteiger partial charge in [-0.15, -0.1) is 0 Å². The molecule has 0 bridgehead atoms. The highest BCUT2D eigenvalue weighted by Gasteiger charge is 2.36. The fourth-order valence-electron chi connectivity index (χ4n) is 3.49. The van der Waals surface area contributed by atoms with Gasteiger partial charge in [0.15, 0.2) is 0 Å². The van der Waals surface area contributed by atoms with E-state index >= 15 is 0 Å². The summed E-state index contributed by atoms with van der Waals surface area (Å²) in [6, 6.07) is -0.0749. The normalized spacial score (nSPS) is 26.3. The number of hydrogen-bond donors (Lipinski definition) is 1. The van der Waals surface area contributed by atoms with E-state index in [9.17, 15) is 8.42 Å². The van der Waals surface area contributed by atoms with Gasteiger partial charge < -0.3 is 10.5 Å². The van der Waals surface area contributed by atoms with Crippen molar-refractivity contribution in [2.45, 2.75) is 62.0 Å². The highest BCUT2D eigenvalue weighted by Crippen LogP contribution is 2.28. The molecule has 1 aromatic rings. The van der Waals surface area contributed by atoms with Crippen LogP contribution in [0, 0.1) is 0 Å². The largest absolute Gasteiger partial charge is 0.381 e. The molecule has 2 saturated heterocycles. The van der Waals surface area contributed by atoms with Gasteiger partial charge >= 0.3 is 0 Å². The molecule has 7 nitrogen and oxygen atoms in total. The molecular formula is C15H26N4O3S. The van der Waals surface area contributed by atoms with Gasteiger partial charge in [-0.05, 0) is 32.6 Å². The van der Waals surface area contributed by atoms with E-state index in [2.05, 4.69) is 5.10 Å². The van der Waals surface area contributed by atoms with Crippen LogP contribution >= 0.6 is 0 Å². The quantitative estimate of drug-likeness (QED) is 0.885. The molecule has 8 heteroatoms. The van der Waals surface area contributed by atoms with E-state index in [0.29, 0.717) is 19.8 Å². The second kappa shape index (κ2) is 6.88. The lowest BCUT2D eigenvalue weighted by Gasteiger charge is -2.36. The fourth-order valence-corrected chi connectivity index (χ4v) is 5.21. The van der Waals surface area contributed by atoms with Gasteiger partial charge in [0, 0.05) is 38.0 Å². The standard InChI is InChI=1S/C15H26N4O3S/c1-12(16)15-4-2-3-7-19(15)23(20,21)14-10-17-18(11-14)13-5-8-22-9-6-13/h10-13,15H,2-9,16H2,1H3/t12-,15-/m0/s1. The van der Waals surface area contributed by atoms with Crippen molar-refractivity contribution in [3.8, 4) is 0 Å². The van der Waals surface area contributed by atoms with Crippen molar-refractivity contribution in [1.82, 2.24) is 14.1 Å². The average Bonchev–Trinajstić information content (AvgIpc) is 3.06. The minimum absolute atomic E-state index is 0.125. The zero-order valence-corrected chi connectivity index (χ0v) is 14.4. The molecule has 2 fully saturated rings. The van der Waals surface area contributed by atoms with Crippen molar-refractivity contribution in [3.63, 3.8) is 0 Å². The van der Waals surface area contributed by atoms with E-state index in [1.807, 2.05) is 6.92 Å². The average molecular weight is 342 g/mol. The van der Waals surface area contributed by atoms with Crippen molar-refractivity contribution in [1.29, 1.82) is 0 Å². The van der Waals surface area contributed by atoms with Crippen LogP contribution in [0.4, 0.5) is 0 Å². The van der Waals surface area contributed by atoms with Crippen LogP contribution in [0.2, 0.25) is 0 Å². The monoisotopic (exact) mass is 342 g/mol. The third-order valence-electron chi connectivity index (χ3n) is 4.85. The summed E-state index contributed by atoms with van der Waals surface area (Å²) >= 11 is 0. The number of hydrogen-bond acceptors (Lipinski definition) is 5. The Bertz CT molecular complexity index is 622. The summed E-state index contributed by atoms with van der Waals surface area (Å²) in [4.78, 5) is 0.275. The van der Waals surface area contributed by atoms with E-state index in [4.69, 9.17) is 10.5 Å². The van der Waals surface area contributed by atoms with Gasteiger partial charge in [-0.2, -0.15) is 9.40 Å². The van der Waals surface area contributed by atoms with Gasteiger partial charge in [0.25, 0.3) is 0 Å². The Morgan fingerprint density at radius 2 is 2.04 bits per heavy atom. The number of nitrogens with zero attached hydrogens (tertiary/aromatic N) is 3. The number of aromatic nitrogens is 2. The molecule has 0 spiro atoms. The summed E-state index contributed by atoms with van der Waals surface area (Å²) < 4.78 is 34.7. The second-order valence-corrected chi connectivity index (χ2v) is 8.43. The molecular weight excluding hydrogens is 316 g/mol. The number of sulfonamides is 1. The van der Waals surface area contributed by atoms with E-state index in [1.165, 1.54) is 6.20 Å². The Hall–Kier alpha value is -0.960. The number of piperidine rings is 1. The summed E-state index contributed by atoms with van der Waals surface area (Å²) in [6.45, 7) is 3.82. The lowest BCUT2D eigenvalue weighted by molar-refractivity contribution is 0.0662. The van der Waals surface area contributed by atoms with Gasteiger partial charge in [-0.3, -0.25) is 4.68 Å². The molecule has 0 saturated carbocycles. The van der Waals surface area contributed by atoms with Crippen LogP contribution in [-0.4, -0.2) is 54.3 Å². The molecule has 2 N–H and O–H groups in total. The van der Waals surface area contributed by atoms with Crippen LogP contribution in [-0.2, 0) is 14.8 Å². The summed E-state index contributed by atoms with van der Waals surface area (Å²) in [5.41, 5.74) is 6.01. The molecule has 0 aromatic carbocycles. The predicted octanol–water partition coefficient (Wildman–Crippen LogP) is 1.12. The highest BCUT2D eigenvalue weighted by atomic mass is 32.2. The van der Waals surface area contributed by atoms with Crippen LogP contribution in [0.3, 0.4) is 0 Å². The lowest BCUT2D eigenvalue weighted by Crippen LogP contribution is -2.51. The van der Waals surface area contributed by atoms with Crippen LogP contribution in [0.1, 0.15) is 45.1 Å². The van der Waals surface area contributed by atoms with E-state index in [1.54, 1.807) is 15.2 Å². The van der Waals surface area contributed by atoms with E-state index < -0.39 is 10.0 Å². The van der Waals surface area contributed by atoms with Crippen molar-refractivity contribution in [2.75, 3.05) is 19.8 Å². The Kier molecular flexibility index (Phi) is 5.05. The van der Waals surface area contributed by atoms with E-state index in [-0.39, 0.29) is 23.0 Å². The molecule has 3 rings (SSSR count). The maximum atomic E-state index is 13.0. The lowest BCUT2D eigenvalue weighted by atomic mass is 10.00. The summed E-state index contributed by atoms with van der Waals surface area (Å²) in [5.74, 6) is 0. The first kappa shape index (κ1) is 16.9. The van der Waals surface area contributed by atoms with Gasteiger partial charge in [0.05, 0.1) is 12.2 Å². The number of ether oxygens (including phenoxy) is 1. The molecule has 1 aromatic heterocycles. The first-order valence-electron chi connectivity index (χ1n) is 8.39. The zero-order valence-electron chi connectivity index (χ0n) is 13.6. The smallest absolute Gasteiger partial charge is 0.246 e. The zero-order chi connectivity index (χ0) is 16.4. The molecule has 3 heterocycles. The third-order valence-corrected chi connectivity index (χ3v) is 6.73. The molecule has 23 heavy (non-hydrogen) atoms. The molecule has 2 aliphatic heterocycles. The van der Waals surface area contributed by atoms with Crippen LogP contribution < -0.4 is 5.73 Å². The first-order valence-corrected chi connectivity index (χ1v) is 9.83. The predicted molar refractivity (Wildman–Crippen MR) is 86.5 cm³/mol. The van der Waals surface area contributed by atoms with E-state index in [0.717, 1.165) is 32.1 Å². The van der Waals surface area contributed by atoms with Crippen molar-refractivity contribution in [3.05, 3.63) is 12.4 Å². The summed E-state index contributed by atoms with van der Waals surface area (Å²) in [6.07, 6.45) is 7.61. The Morgan fingerprint density at radius 1 is 1.30 bits per heavy atom. The Labute approximate surface area is 137 Å². The van der Waals surface area contributed by atoms with Gasteiger partial charge in [0.2, 0.25) is 10.0 Å². The minimum atomic E-state index is -3.54. The van der Waals surface area contributed by atoms with Crippen molar-refractivity contribution < 1.29 is 13.2 Å². The third kappa shape index (κ3) is 3.45. The molecule has 130 valence electrons. The van der Waals surface area contributed by atoms with Crippen molar-refractivity contribution >= 4 is 10.0 Å². The maximum Gasteiger partial charge on any atom is 0.246 e. The minimum Gasteiger partial charge on any atom is -0.381 e. The second-order valence-electron chi connectivity index (χ2n) is 6.54. The SMILES string of the molecule is C[C@H](N)[C@@H]1CCCCN1S(=O)(=O)c1cnn(C2CCOCC2)c1. The Balaban J connectivity index is 1.82. The molecule has 0 radical (unpaired) electrons. The molecule has 0 amide bonds. The van der Waals surface area contributed by atoms with Gasteiger partial charge in [-0.1, -0.05) is 6.42 Å². The van der Waals surface area contributed by atoms with Crippen molar-refractivity contribution in [2.24, 2.45) is 5.73 Å².